The fraction of sp³-hybridized carbons (Fsp3) is 0.357. The summed E-state index contributed by atoms with van der Waals surface area (Å²) in [7, 11) is 1.81. The molecule has 4 heteroatoms. The van der Waals surface area contributed by atoms with Crippen LogP contribution in [0.4, 0.5) is 4.39 Å². The van der Waals surface area contributed by atoms with Gasteiger partial charge >= 0.3 is 0 Å². The van der Waals surface area contributed by atoms with E-state index in [1.165, 1.54) is 0 Å². The second-order valence-electron chi connectivity index (χ2n) is 4.33. The lowest BCUT2D eigenvalue weighted by Crippen LogP contribution is -2.06. The van der Waals surface area contributed by atoms with Crippen molar-refractivity contribution in [1.82, 2.24) is 15.1 Å². The molecule has 2 aromatic rings. The van der Waals surface area contributed by atoms with E-state index in [-0.39, 0.29) is 5.82 Å². The number of aryl methyl sites for hydroxylation is 1. The third kappa shape index (κ3) is 2.76. The van der Waals surface area contributed by atoms with Gasteiger partial charge < -0.3 is 5.32 Å². The molecule has 1 aromatic heterocycles. The maximum Gasteiger partial charge on any atom is 0.128 e. The lowest BCUT2D eigenvalue weighted by molar-refractivity contribution is 0.601. The molecule has 0 unspecified atom stereocenters. The highest BCUT2D eigenvalue weighted by molar-refractivity contribution is 5.62. The number of benzene rings is 1. The first kappa shape index (κ1) is 12.8. The lowest BCUT2D eigenvalue weighted by atomic mass is 10.1. The van der Waals surface area contributed by atoms with Crippen LogP contribution in [0.15, 0.2) is 30.6 Å². The second-order valence-corrected chi connectivity index (χ2v) is 4.33. The van der Waals surface area contributed by atoms with Crippen molar-refractivity contribution in [2.24, 2.45) is 0 Å². The third-order valence-corrected chi connectivity index (χ3v) is 2.84. The maximum atomic E-state index is 13.8. The molecule has 96 valence electrons. The maximum absolute atomic E-state index is 13.8. The molecule has 0 spiro atoms. The molecule has 0 aliphatic carbocycles. The highest BCUT2D eigenvalue weighted by Gasteiger charge is 2.06. The smallest absolute Gasteiger partial charge is 0.128 e. The normalized spacial score (nSPS) is 10.8. The molecule has 3 nitrogen and oxygen atoms in total. The SMILES string of the molecule is CCCn1cc(-c2ccc(CNC)c(F)c2)cn1. The molecule has 1 aromatic carbocycles. The zero-order valence-electron chi connectivity index (χ0n) is 10.8. The average Bonchev–Trinajstić information content (AvgIpc) is 2.81. The van der Waals surface area contributed by atoms with Crippen LogP contribution in [0.2, 0.25) is 0 Å². The summed E-state index contributed by atoms with van der Waals surface area (Å²) in [5.74, 6) is -0.176. The van der Waals surface area contributed by atoms with Gasteiger partial charge in [0.05, 0.1) is 6.20 Å². The van der Waals surface area contributed by atoms with Crippen LogP contribution in [0.25, 0.3) is 11.1 Å². The zero-order valence-corrected chi connectivity index (χ0v) is 10.8. The summed E-state index contributed by atoms with van der Waals surface area (Å²) in [4.78, 5) is 0. The Hall–Kier alpha value is -1.68. The van der Waals surface area contributed by atoms with Crippen LogP contribution in [0.3, 0.4) is 0 Å². The van der Waals surface area contributed by atoms with Crippen LogP contribution < -0.4 is 5.32 Å². The Balaban J connectivity index is 2.24. The molecule has 0 aliphatic rings. The Morgan fingerprint density at radius 2 is 2.17 bits per heavy atom. The van der Waals surface area contributed by atoms with Crippen molar-refractivity contribution in [3.8, 4) is 11.1 Å². The van der Waals surface area contributed by atoms with Crippen molar-refractivity contribution in [2.45, 2.75) is 26.4 Å². The number of rotatable bonds is 5. The number of hydrogen-bond donors (Lipinski definition) is 1. The quantitative estimate of drug-likeness (QED) is 0.880. The van der Waals surface area contributed by atoms with Crippen LogP contribution in [-0.2, 0) is 13.1 Å². The van der Waals surface area contributed by atoms with Gasteiger partial charge in [-0.3, -0.25) is 4.68 Å². The van der Waals surface area contributed by atoms with Crippen LogP contribution in [0.1, 0.15) is 18.9 Å². The molecule has 1 N–H and O–H groups in total. The molecule has 0 aliphatic heterocycles. The van der Waals surface area contributed by atoms with Crippen molar-refractivity contribution in [3.05, 3.63) is 42.0 Å². The molecule has 1 heterocycles. The molecule has 18 heavy (non-hydrogen) atoms. The highest BCUT2D eigenvalue weighted by Crippen LogP contribution is 2.21. The summed E-state index contributed by atoms with van der Waals surface area (Å²) < 4.78 is 15.7. The minimum atomic E-state index is -0.176. The van der Waals surface area contributed by atoms with Crippen molar-refractivity contribution in [3.63, 3.8) is 0 Å². The van der Waals surface area contributed by atoms with E-state index in [1.54, 1.807) is 12.3 Å². The van der Waals surface area contributed by atoms with E-state index in [2.05, 4.69) is 17.3 Å². The topological polar surface area (TPSA) is 29.9 Å². The van der Waals surface area contributed by atoms with Gasteiger partial charge in [0.15, 0.2) is 0 Å². The van der Waals surface area contributed by atoms with Crippen LogP contribution in [0.5, 0.6) is 0 Å². The van der Waals surface area contributed by atoms with Gasteiger partial charge in [0.25, 0.3) is 0 Å². The van der Waals surface area contributed by atoms with E-state index in [0.717, 1.165) is 24.1 Å². The number of halogens is 1. The minimum absolute atomic E-state index is 0.176. The summed E-state index contributed by atoms with van der Waals surface area (Å²) in [5, 5.41) is 7.20. The molecular weight excluding hydrogens is 229 g/mol. The van der Waals surface area contributed by atoms with Crippen molar-refractivity contribution >= 4 is 0 Å². The van der Waals surface area contributed by atoms with E-state index in [4.69, 9.17) is 0 Å². The summed E-state index contributed by atoms with van der Waals surface area (Å²) >= 11 is 0. The molecule has 0 amide bonds. The fourth-order valence-electron chi connectivity index (χ4n) is 1.92. The van der Waals surface area contributed by atoms with Crippen LogP contribution in [0, 0.1) is 5.82 Å². The Labute approximate surface area is 107 Å². The van der Waals surface area contributed by atoms with Gasteiger partial charge in [-0.1, -0.05) is 19.1 Å². The summed E-state index contributed by atoms with van der Waals surface area (Å²) in [6.07, 6.45) is 4.77. The van der Waals surface area contributed by atoms with Gasteiger partial charge in [-0.05, 0) is 25.1 Å². The Morgan fingerprint density at radius 1 is 1.33 bits per heavy atom. The summed E-state index contributed by atoms with van der Waals surface area (Å²) in [6.45, 7) is 3.54. The molecule has 0 radical (unpaired) electrons. The molecule has 0 atom stereocenters. The number of nitrogens with one attached hydrogen (secondary N) is 1. The number of hydrogen-bond acceptors (Lipinski definition) is 2. The summed E-state index contributed by atoms with van der Waals surface area (Å²) in [6, 6.07) is 5.32. The third-order valence-electron chi connectivity index (χ3n) is 2.84. The van der Waals surface area contributed by atoms with E-state index in [1.807, 2.05) is 30.1 Å². The van der Waals surface area contributed by atoms with Crippen molar-refractivity contribution in [1.29, 1.82) is 0 Å². The van der Waals surface area contributed by atoms with E-state index in [9.17, 15) is 4.39 Å². The Bertz CT molecular complexity index is 520. The highest BCUT2D eigenvalue weighted by atomic mass is 19.1. The van der Waals surface area contributed by atoms with E-state index < -0.39 is 0 Å². The standard InChI is InChI=1S/C14H18FN3/c1-3-6-18-10-13(9-17-18)11-4-5-12(8-16-2)14(15)7-11/h4-5,7,9-10,16H,3,6,8H2,1-2H3. The van der Waals surface area contributed by atoms with E-state index in [0.29, 0.717) is 12.1 Å². The number of nitrogens with zero attached hydrogens (tertiary/aromatic N) is 2. The predicted molar refractivity (Wildman–Crippen MR) is 70.7 cm³/mol. The molecule has 2 rings (SSSR count). The van der Waals surface area contributed by atoms with Crippen molar-refractivity contribution < 1.29 is 4.39 Å². The molecule has 0 saturated heterocycles. The van der Waals surface area contributed by atoms with Crippen LogP contribution in [-0.4, -0.2) is 16.8 Å². The van der Waals surface area contributed by atoms with E-state index >= 15 is 0 Å². The summed E-state index contributed by atoms with van der Waals surface area (Å²) in [5.41, 5.74) is 2.51. The largest absolute Gasteiger partial charge is 0.316 e. The van der Waals surface area contributed by atoms with Gasteiger partial charge in [-0.25, -0.2) is 4.39 Å². The van der Waals surface area contributed by atoms with Gasteiger partial charge in [0.2, 0.25) is 0 Å². The lowest BCUT2D eigenvalue weighted by Gasteiger charge is -2.04. The molecule has 0 saturated carbocycles. The predicted octanol–water partition coefficient (Wildman–Crippen LogP) is 2.82. The fourth-order valence-corrected chi connectivity index (χ4v) is 1.92. The molecule has 0 fully saturated rings. The second kappa shape index (κ2) is 5.78. The van der Waals surface area contributed by atoms with Gasteiger partial charge in [0.1, 0.15) is 5.82 Å². The Kier molecular flexibility index (Phi) is 4.10. The average molecular weight is 247 g/mol. The van der Waals surface area contributed by atoms with Crippen LogP contribution >= 0.6 is 0 Å². The van der Waals surface area contributed by atoms with Gasteiger partial charge in [0, 0.05) is 30.4 Å². The van der Waals surface area contributed by atoms with Gasteiger partial charge in [-0.2, -0.15) is 5.10 Å². The minimum Gasteiger partial charge on any atom is -0.316 e. The van der Waals surface area contributed by atoms with Crippen molar-refractivity contribution in [2.75, 3.05) is 7.05 Å². The first-order chi connectivity index (χ1) is 8.74. The first-order valence-corrected chi connectivity index (χ1v) is 6.20. The first-order valence-electron chi connectivity index (χ1n) is 6.20. The molecular formula is C14H18FN3. The molecule has 0 bridgehead atoms. The zero-order chi connectivity index (χ0) is 13.0. The Morgan fingerprint density at radius 3 is 2.83 bits per heavy atom. The number of aromatic nitrogens is 2. The monoisotopic (exact) mass is 247 g/mol. The van der Waals surface area contributed by atoms with Gasteiger partial charge in [-0.15, -0.1) is 0 Å².